The molecule has 1 amide bonds. The van der Waals surface area contributed by atoms with E-state index in [9.17, 15) is 18.0 Å². The number of sulfonamides is 1. The van der Waals surface area contributed by atoms with Crippen molar-refractivity contribution in [1.29, 1.82) is 0 Å². The fraction of sp³-hybridized carbons (Fsp3) is 0.300. The van der Waals surface area contributed by atoms with Gasteiger partial charge in [-0.1, -0.05) is 63.2 Å². The Balaban J connectivity index is 1.69. The highest BCUT2D eigenvalue weighted by atomic mass is 32.2. The molecular weight excluding hydrogens is 528 g/mol. The van der Waals surface area contributed by atoms with Gasteiger partial charge in [-0.15, -0.1) is 0 Å². The molecule has 0 atom stereocenters. The van der Waals surface area contributed by atoms with Crippen LogP contribution < -0.4 is 15.6 Å². The van der Waals surface area contributed by atoms with E-state index >= 15 is 0 Å². The monoisotopic (exact) mass is 562 g/mol. The van der Waals surface area contributed by atoms with Crippen molar-refractivity contribution in [2.24, 2.45) is 11.1 Å². The molecule has 0 saturated carbocycles. The van der Waals surface area contributed by atoms with Gasteiger partial charge in [0.05, 0.1) is 29.0 Å². The zero-order valence-corrected chi connectivity index (χ0v) is 23.9. The van der Waals surface area contributed by atoms with Crippen molar-refractivity contribution in [1.82, 2.24) is 9.55 Å². The first-order valence-corrected chi connectivity index (χ1v) is 14.7. The standard InChI is InChI=1S/C30H34N4O5S/c1-5-8-28-32-26-16-15-23(33(4)30(36)39-19-20(2)3)17-25(26)29(35)34(28)18-21-11-13-22(14-12-21)24-9-6-7-10-27(24)40(31,37)38/h6-7,9-17,20H,5,8,18-19H2,1-4H3,(H2,31,37,38). The molecule has 3 aromatic carbocycles. The third-order valence-corrected chi connectivity index (χ3v) is 7.46. The van der Waals surface area contributed by atoms with Gasteiger partial charge in [0.15, 0.2) is 0 Å². The predicted octanol–water partition coefficient (Wildman–Crippen LogP) is 4.94. The molecule has 10 heteroatoms. The zero-order chi connectivity index (χ0) is 29.0. The van der Waals surface area contributed by atoms with Crippen molar-refractivity contribution >= 4 is 32.7 Å². The van der Waals surface area contributed by atoms with Crippen LogP contribution in [-0.4, -0.2) is 37.7 Å². The number of anilines is 1. The molecule has 0 aliphatic carbocycles. The highest BCUT2D eigenvalue weighted by molar-refractivity contribution is 7.89. The van der Waals surface area contributed by atoms with Crippen LogP contribution in [0.5, 0.6) is 0 Å². The lowest BCUT2D eigenvalue weighted by atomic mass is 10.0. The van der Waals surface area contributed by atoms with Crippen LogP contribution in [0.15, 0.2) is 76.4 Å². The first-order valence-electron chi connectivity index (χ1n) is 13.1. The average molecular weight is 563 g/mol. The molecule has 9 nitrogen and oxygen atoms in total. The Morgan fingerprint density at radius 2 is 1.77 bits per heavy atom. The largest absolute Gasteiger partial charge is 0.449 e. The smallest absolute Gasteiger partial charge is 0.414 e. The van der Waals surface area contributed by atoms with Crippen molar-refractivity contribution < 1.29 is 17.9 Å². The van der Waals surface area contributed by atoms with E-state index in [0.29, 0.717) is 46.6 Å². The van der Waals surface area contributed by atoms with Crippen molar-refractivity contribution in [2.75, 3.05) is 18.6 Å². The fourth-order valence-electron chi connectivity index (χ4n) is 4.41. The van der Waals surface area contributed by atoms with Crippen LogP contribution in [0.2, 0.25) is 0 Å². The topological polar surface area (TPSA) is 125 Å². The lowest BCUT2D eigenvalue weighted by molar-refractivity contribution is 0.141. The van der Waals surface area contributed by atoms with E-state index in [1.807, 2.05) is 45.0 Å². The second-order valence-corrected chi connectivity index (χ2v) is 11.7. The quantitative estimate of drug-likeness (QED) is 0.308. The number of aromatic nitrogens is 2. The van der Waals surface area contributed by atoms with Crippen LogP contribution in [0.25, 0.3) is 22.0 Å². The minimum atomic E-state index is -3.89. The molecule has 0 aliphatic rings. The van der Waals surface area contributed by atoms with E-state index in [0.717, 1.165) is 12.0 Å². The second kappa shape index (κ2) is 12.0. The Labute approximate surface area is 234 Å². The molecule has 0 saturated heterocycles. The normalized spacial score (nSPS) is 11.7. The molecule has 1 heterocycles. The minimum Gasteiger partial charge on any atom is -0.449 e. The summed E-state index contributed by atoms with van der Waals surface area (Å²) in [5, 5.41) is 5.81. The number of nitrogens with two attached hydrogens (primary N) is 1. The summed E-state index contributed by atoms with van der Waals surface area (Å²) >= 11 is 0. The molecule has 210 valence electrons. The van der Waals surface area contributed by atoms with E-state index in [1.54, 1.807) is 48.0 Å². The number of hydrogen-bond donors (Lipinski definition) is 1. The Hall–Kier alpha value is -4.02. The number of rotatable bonds is 9. The summed E-state index contributed by atoms with van der Waals surface area (Å²) in [6, 6.07) is 19.1. The Morgan fingerprint density at radius 1 is 1.07 bits per heavy atom. The van der Waals surface area contributed by atoms with E-state index in [1.165, 1.54) is 11.0 Å². The molecule has 0 unspecified atom stereocenters. The van der Waals surface area contributed by atoms with Gasteiger partial charge < -0.3 is 4.74 Å². The van der Waals surface area contributed by atoms with Gasteiger partial charge in [0, 0.05) is 24.7 Å². The van der Waals surface area contributed by atoms with E-state index in [2.05, 4.69) is 0 Å². The molecule has 0 aliphatic heterocycles. The summed E-state index contributed by atoms with van der Waals surface area (Å²) in [6.45, 7) is 6.53. The molecule has 1 aromatic heterocycles. The van der Waals surface area contributed by atoms with Gasteiger partial charge in [0.25, 0.3) is 5.56 Å². The number of hydrogen-bond acceptors (Lipinski definition) is 6. The Kier molecular flexibility index (Phi) is 8.70. The summed E-state index contributed by atoms with van der Waals surface area (Å²) in [5.74, 6) is 0.876. The van der Waals surface area contributed by atoms with Gasteiger partial charge in [-0.25, -0.2) is 23.3 Å². The number of benzene rings is 3. The van der Waals surface area contributed by atoms with Crippen LogP contribution in [0, 0.1) is 5.92 Å². The number of fused-ring (bicyclic) bond motifs is 1. The van der Waals surface area contributed by atoms with Crippen LogP contribution in [0.3, 0.4) is 0 Å². The Morgan fingerprint density at radius 3 is 2.42 bits per heavy atom. The van der Waals surface area contributed by atoms with Crippen molar-refractivity contribution in [2.45, 2.75) is 45.1 Å². The number of ether oxygens (including phenoxy) is 1. The van der Waals surface area contributed by atoms with Crippen LogP contribution in [0.4, 0.5) is 10.5 Å². The molecule has 0 spiro atoms. The average Bonchev–Trinajstić information content (AvgIpc) is 2.93. The maximum atomic E-state index is 13.7. The fourth-order valence-corrected chi connectivity index (χ4v) is 5.17. The summed E-state index contributed by atoms with van der Waals surface area (Å²) in [7, 11) is -2.28. The minimum absolute atomic E-state index is 0.0526. The van der Waals surface area contributed by atoms with Crippen LogP contribution >= 0.6 is 0 Å². The van der Waals surface area contributed by atoms with Gasteiger partial charge in [0.2, 0.25) is 10.0 Å². The van der Waals surface area contributed by atoms with Crippen molar-refractivity contribution in [3.8, 4) is 11.1 Å². The molecule has 0 fully saturated rings. The summed E-state index contributed by atoms with van der Waals surface area (Å²) in [6.07, 6.45) is 0.936. The van der Waals surface area contributed by atoms with Crippen molar-refractivity contribution in [3.63, 3.8) is 0 Å². The molecule has 2 N–H and O–H groups in total. The highest BCUT2D eigenvalue weighted by Gasteiger charge is 2.18. The van der Waals surface area contributed by atoms with E-state index in [4.69, 9.17) is 14.9 Å². The number of aryl methyl sites for hydroxylation is 1. The molecular formula is C30H34N4O5S. The zero-order valence-electron chi connectivity index (χ0n) is 23.1. The van der Waals surface area contributed by atoms with E-state index in [-0.39, 0.29) is 22.9 Å². The first kappa shape index (κ1) is 29.0. The lowest BCUT2D eigenvalue weighted by Gasteiger charge is -2.19. The lowest BCUT2D eigenvalue weighted by Crippen LogP contribution is -2.29. The second-order valence-electron chi connectivity index (χ2n) is 10.1. The molecule has 0 radical (unpaired) electrons. The SMILES string of the molecule is CCCc1nc2ccc(N(C)C(=O)OCC(C)C)cc2c(=O)n1Cc1ccc(-c2ccccc2S(N)(=O)=O)cc1. The number of amides is 1. The van der Waals surface area contributed by atoms with Gasteiger partial charge in [-0.2, -0.15) is 0 Å². The van der Waals surface area contributed by atoms with Gasteiger partial charge in [-0.05, 0) is 47.7 Å². The number of nitrogens with zero attached hydrogens (tertiary/aromatic N) is 3. The maximum absolute atomic E-state index is 13.7. The predicted molar refractivity (Wildman–Crippen MR) is 157 cm³/mol. The molecule has 4 aromatic rings. The van der Waals surface area contributed by atoms with E-state index < -0.39 is 16.1 Å². The third-order valence-electron chi connectivity index (χ3n) is 6.49. The summed E-state index contributed by atoms with van der Waals surface area (Å²) < 4.78 is 31.1. The maximum Gasteiger partial charge on any atom is 0.414 e. The Bertz CT molecular complexity index is 1700. The molecule has 40 heavy (non-hydrogen) atoms. The molecule has 4 rings (SSSR count). The van der Waals surface area contributed by atoms with Gasteiger partial charge in [-0.3, -0.25) is 14.3 Å². The molecule has 0 bridgehead atoms. The van der Waals surface area contributed by atoms with Crippen LogP contribution in [0.1, 0.15) is 38.6 Å². The van der Waals surface area contributed by atoms with Crippen LogP contribution in [-0.2, 0) is 27.7 Å². The third kappa shape index (κ3) is 6.40. The number of primary sulfonamides is 1. The summed E-state index contributed by atoms with van der Waals surface area (Å²) in [5.41, 5.74) is 2.95. The number of carbonyl (C=O) groups is 1. The number of carbonyl (C=O) groups excluding carboxylic acids is 1. The van der Waals surface area contributed by atoms with Crippen molar-refractivity contribution in [3.05, 3.63) is 88.5 Å². The summed E-state index contributed by atoms with van der Waals surface area (Å²) in [4.78, 5) is 32.4. The highest BCUT2D eigenvalue weighted by Crippen LogP contribution is 2.27. The van der Waals surface area contributed by atoms with Gasteiger partial charge in [0.1, 0.15) is 5.82 Å². The first-order chi connectivity index (χ1) is 19.0. The van der Waals surface area contributed by atoms with Gasteiger partial charge >= 0.3 is 6.09 Å².